The van der Waals surface area contributed by atoms with Crippen LogP contribution in [-0.2, 0) is 20.0 Å². The molecule has 0 aliphatic carbocycles. The maximum Gasteiger partial charge on any atom is 0.161 e. The SMILES string of the molecule is Cn1cnnc1CCNCc1cccc(O)c1O. The number of nitrogens with zero attached hydrogens (tertiary/aromatic N) is 3. The molecule has 0 fully saturated rings. The molecule has 2 aromatic rings. The monoisotopic (exact) mass is 248 g/mol. The summed E-state index contributed by atoms with van der Waals surface area (Å²) in [6, 6.07) is 4.93. The quantitative estimate of drug-likeness (QED) is 0.532. The number of hydrogen-bond donors (Lipinski definition) is 3. The van der Waals surface area contributed by atoms with E-state index in [1.807, 2.05) is 11.6 Å². The van der Waals surface area contributed by atoms with Crippen LogP contribution in [0.1, 0.15) is 11.4 Å². The summed E-state index contributed by atoms with van der Waals surface area (Å²) < 4.78 is 1.87. The van der Waals surface area contributed by atoms with Gasteiger partial charge >= 0.3 is 0 Å². The maximum absolute atomic E-state index is 9.61. The predicted molar refractivity (Wildman–Crippen MR) is 66.2 cm³/mol. The molecule has 0 unspecified atom stereocenters. The van der Waals surface area contributed by atoms with Crippen LogP contribution >= 0.6 is 0 Å². The summed E-state index contributed by atoms with van der Waals surface area (Å²) in [5.41, 5.74) is 0.674. The van der Waals surface area contributed by atoms with E-state index in [1.54, 1.807) is 18.5 Å². The Hall–Kier alpha value is -2.08. The third-order valence-electron chi connectivity index (χ3n) is 2.74. The molecule has 0 saturated heterocycles. The molecule has 6 heteroatoms. The summed E-state index contributed by atoms with van der Waals surface area (Å²) in [5.74, 6) is 0.744. The van der Waals surface area contributed by atoms with Crippen LogP contribution < -0.4 is 5.32 Å². The molecular formula is C12H16N4O2. The summed E-state index contributed by atoms with van der Waals surface area (Å²) in [5, 5.41) is 29.9. The van der Waals surface area contributed by atoms with Crippen LogP contribution in [0.5, 0.6) is 11.5 Å². The van der Waals surface area contributed by atoms with Gasteiger partial charge in [0.2, 0.25) is 0 Å². The summed E-state index contributed by atoms with van der Waals surface area (Å²) in [6.07, 6.45) is 2.42. The van der Waals surface area contributed by atoms with Crippen molar-refractivity contribution in [1.82, 2.24) is 20.1 Å². The van der Waals surface area contributed by atoms with Gasteiger partial charge in [0.15, 0.2) is 11.5 Å². The number of benzene rings is 1. The Morgan fingerprint density at radius 3 is 2.89 bits per heavy atom. The van der Waals surface area contributed by atoms with Gasteiger partial charge in [-0.25, -0.2) is 0 Å². The Bertz CT molecular complexity index is 525. The zero-order valence-corrected chi connectivity index (χ0v) is 10.2. The van der Waals surface area contributed by atoms with E-state index in [-0.39, 0.29) is 11.5 Å². The number of aromatic nitrogens is 3. The van der Waals surface area contributed by atoms with Gasteiger partial charge in [-0.2, -0.15) is 0 Å². The van der Waals surface area contributed by atoms with Gasteiger partial charge in [-0.3, -0.25) is 0 Å². The Kier molecular flexibility index (Phi) is 3.78. The molecule has 3 N–H and O–H groups in total. The second-order valence-electron chi connectivity index (χ2n) is 4.07. The van der Waals surface area contributed by atoms with Crippen LogP contribution in [0.3, 0.4) is 0 Å². The van der Waals surface area contributed by atoms with Crippen LogP contribution in [-0.4, -0.2) is 31.5 Å². The minimum absolute atomic E-state index is 0.0661. The first-order valence-electron chi connectivity index (χ1n) is 5.72. The van der Waals surface area contributed by atoms with Crippen molar-refractivity contribution in [3.63, 3.8) is 0 Å². The molecule has 0 bridgehead atoms. The van der Waals surface area contributed by atoms with Crippen LogP contribution in [0.4, 0.5) is 0 Å². The lowest BCUT2D eigenvalue weighted by molar-refractivity contribution is 0.398. The molecule has 0 spiro atoms. The smallest absolute Gasteiger partial charge is 0.161 e. The molecule has 18 heavy (non-hydrogen) atoms. The molecule has 96 valence electrons. The number of hydrogen-bond acceptors (Lipinski definition) is 5. The number of nitrogens with one attached hydrogen (secondary N) is 1. The third kappa shape index (κ3) is 2.78. The summed E-state index contributed by atoms with van der Waals surface area (Å²) in [7, 11) is 1.90. The third-order valence-corrected chi connectivity index (χ3v) is 2.74. The highest BCUT2D eigenvalue weighted by Gasteiger charge is 2.05. The van der Waals surface area contributed by atoms with Crippen molar-refractivity contribution >= 4 is 0 Å². The zero-order chi connectivity index (χ0) is 13.0. The molecule has 0 atom stereocenters. The van der Waals surface area contributed by atoms with Crippen molar-refractivity contribution in [2.45, 2.75) is 13.0 Å². The average molecular weight is 248 g/mol. The normalized spacial score (nSPS) is 10.7. The van der Waals surface area contributed by atoms with E-state index < -0.39 is 0 Å². The van der Waals surface area contributed by atoms with E-state index in [0.717, 1.165) is 18.8 Å². The van der Waals surface area contributed by atoms with Crippen molar-refractivity contribution in [2.24, 2.45) is 7.05 Å². The summed E-state index contributed by atoms with van der Waals surface area (Å²) >= 11 is 0. The molecule has 1 heterocycles. The van der Waals surface area contributed by atoms with Gasteiger partial charge < -0.3 is 20.1 Å². The van der Waals surface area contributed by atoms with Crippen LogP contribution in [0, 0.1) is 0 Å². The number of phenolic OH excluding ortho intramolecular Hbond substituents is 2. The molecule has 0 amide bonds. The second kappa shape index (κ2) is 5.50. The first-order chi connectivity index (χ1) is 8.68. The molecule has 0 aliphatic heterocycles. The van der Waals surface area contributed by atoms with Gasteiger partial charge in [-0.1, -0.05) is 12.1 Å². The first kappa shape index (κ1) is 12.4. The van der Waals surface area contributed by atoms with Crippen molar-refractivity contribution in [1.29, 1.82) is 0 Å². The number of para-hydroxylation sites is 1. The minimum atomic E-state index is -0.0948. The predicted octanol–water partition coefficient (Wildman–Crippen LogP) is 0.559. The minimum Gasteiger partial charge on any atom is -0.504 e. The van der Waals surface area contributed by atoms with Crippen molar-refractivity contribution < 1.29 is 10.2 Å². The molecule has 0 aliphatic rings. The van der Waals surface area contributed by atoms with Gasteiger partial charge in [0.05, 0.1) is 0 Å². The summed E-state index contributed by atoms with van der Waals surface area (Å²) in [6.45, 7) is 1.22. The molecular weight excluding hydrogens is 232 g/mol. The highest BCUT2D eigenvalue weighted by atomic mass is 16.3. The Morgan fingerprint density at radius 2 is 2.17 bits per heavy atom. The largest absolute Gasteiger partial charge is 0.504 e. The van der Waals surface area contributed by atoms with E-state index in [9.17, 15) is 10.2 Å². The van der Waals surface area contributed by atoms with E-state index in [0.29, 0.717) is 12.1 Å². The van der Waals surface area contributed by atoms with Crippen molar-refractivity contribution in [3.05, 3.63) is 35.9 Å². The highest BCUT2D eigenvalue weighted by molar-refractivity contribution is 5.44. The van der Waals surface area contributed by atoms with Gasteiger partial charge in [-0.05, 0) is 6.07 Å². The number of phenols is 2. The van der Waals surface area contributed by atoms with E-state index in [4.69, 9.17) is 0 Å². The lowest BCUT2D eigenvalue weighted by Gasteiger charge is -2.07. The molecule has 1 aromatic carbocycles. The lowest BCUT2D eigenvalue weighted by atomic mass is 10.2. The molecule has 6 nitrogen and oxygen atoms in total. The molecule has 0 saturated carbocycles. The van der Waals surface area contributed by atoms with E-state index >= 15 is 0 Å². The van der Waals surface area contributed by atoms with Gasteiger partial charge in [0.25, 0.3) is 0 Å². The number of rotatable bonds is 5. The van der Waals surface area contributed by atoms with Gasteiger partial charge in [0.1, 0.15) is 12.2 Å². The highest BCUT2D eigenvalue weighted by Crippen LogP contribution is 2.27. The fraction of sp³-hybridized carbons (Fsp3) is 0.333. The van der Waals surface area contributed by atoms with Crippen LogP contribution in [0.15, 0.2) is 24.5 Å². The van der Waals surface area contributed by atoms with E-state index in [1.165, 1.54) is 6.07 Å². The fourth-order valence-electron chi connectivity index (χ4n) is 1.68. The lowest BCUT2D eigenvalue weighted by Crippen LogP contribution is -2.18. The van der Waals surface area contributed by atoms with Crippen molar-refractivity contribution in [3.8, 4) is 11.5 Å². The number of aryl methyl sites for hydroxylation is 1. The van der Waals surface area contributed by atoms with Gasteiger partial charge in [0, 0.05) is 32.1 Å². The topological polar surface area (TPSA) is 83.2 Å². The Morgan fingerprint density at radius 1 is 1.33 bits per heavy atom. The maximum atomic E-state index is 9.61. The zero-order valence-electron chi connectivity index (χ0n) is 10.2. The van der Waals surface area contributed by atoms with Crippen molar-refractivity contribution in [2.75, 3.05) is 6.54 Å². The molecule has 0 radical (unpaired) electrons. The summed E-state index contributed by atoms with van der Waals surface area (Å²) in [4.78, 5) is 0. The van der Waals surface area contributed by atoms with E-state index in [2.05, 4.69) is 15.5 Å². The second-order valence-corrected chi connectivity index (χ2v) is 4.07. The van der Waals surface area contributed by atoms with Crippen LogP contribution in [0.2, 0.25) is 0 Å². The molecule has 2 rings (SSSR count). The van der Waals surface area contributed by atoms with Gasteiger partial charge in [-0.15, -0.1) is 10.2 Å². The average Bonchev–Trinajstić information content (AvgIpc) is 2.76. The standard InChI is InChI=1S/C12H16N4O2/c1-16-8-14-15-11(16)5-6-13-7-9-3-2-4-10(17)12(9)18/h2-4,8,13,17-18H,5-7H2,1H3. The first-order valence-corrected chi connectivity index (χ1v) is 5.72. The molecule has 1 aromatic heterocycles. The number of aromatic hydroxyl groups is 2. The fourth-order valence-corrected chi connectivity index (χ4v) is 1.68. The Balaban J connectivity index is 1.82. The van der Waals surface area contributed by atoms with Crippen LogP contribution in [0.25, 0.3) is 0 Å². The Labute approximate surface area is 105 Å².